The van der Waals surface area contributed by atoms with E-state index in [9.17, 15) is 4.79 Å². The second-order valence-electron chi connectivity index (χ2n) is 5.54. The molecule has 126 valence electrons. The van der Waals surface area contributed by atoms with Gasteiger partial charge >= 0.3 is 0 Å². The van der Waals surface area contributed by atoms with Gasteiger partial charge < -0.3 is 10.6 Å². The molecular formula is C19H17BrN4O. The Morgan fingerprint density at radius 3 is 2.56 bits per heavy atom. The molecule has 0 bridgehead atoms. The largest absolute Gasteiger partial charge is 0.365 e. The minimum absolute atomic E-state index is 0.266. The molecule has 6 heteroatoms. The first kappa shape index (κ1) is 17.1. The van der Waals surface area contributed by atoms with E-state index >= 15 is 0 Å². The van der Waals surface area contributed by atoms with Gasteiger partial charge in [0.1, 0.15) is 11.5 Å². The maximum absolute atomic E-state index is 12.3. The van der Waals surface area contributed by atoms with E-state index in [-0.39, 0.29) is 11.6 Å². The maximum Gasteiger partial charge on any atom is 0.275 e. The number of aromatic nitrogens is 2. The molecule has 2 N–H and O–H groups in total. The van der Waals surface area contributed by atoms with Gasteiger partial charge in [0, 0.05) is 16.7 Å². The highest BCUT2D eigenvalue weighted by atomic mass is 79.9. The van der Waals surface area contributed by atoms with Gasteiger partial charge in [-0.15, -0.1) is 0 Å². The van der Waals surface area contributed by atoms with Gasteiger partial charge in [0.2, 0.25) is 0 Å². The minimum atomic E-state index is -0.294. The van der Waals surface area contributed by atoms with Crippen LogP contribution in [0.3, 0.4) is 0 Å². The van der Waals surface area contributed by atoms with E-state index in [0.717, 1.165) is 15.6 Å². The summed E-state index contributed by atoms with van der Waals surface area (Å²) >= 11 is 3.45. The maximum atomic E-state index is 12.3. The van der Waals surface area contributed by atoms with Gasteiger partial charge in [-0.2, -0.15) is 0 Å². The topological polar surface area (TPSA) is 66.9 Å². The van der Waals surface area contributed by atoms with Crippen LogP contribution >= 0.6 is 15.9 Å². The number of nitrogens with zero attached hydrogens (tertiary/aromatic N) is 2. The van der Waals surface area contributed by atoms with Gasteiger partial charge in [0.15, 0.2) is 0 Å². The molecule has 0 atom stereocenters. The van der Waals surface area contributed by atoms with Crippen molar-refractivity contribution in [2.45, 2.75) is 13.5 Å². The molecule has 1 heterocycles. The first-order valence-corrected chi connectivity index (χ1v) is 8.58. The molecule has 0 aliphatic rings. The Balaban J connectivity index is 1.61. The fraction of sp³-hybridized carbons (Fsp3) is 0.105. The number of nitrogens with one attached hydrogen (secondary N) is 2. The highest BCUT2D eigenvalue weighted by Crippen LogP contribution is 2.21. The lowest BCUT2D eigenvalue weighted by molar-refractivity contribution is 0.102. The average molecular weight is 397 g/mol. The van der Waals surface area contributed by atoms with Gasteiger partial charge in [-0.25, -0.2) is 9.97 Å². The van der Waals surface area contributed by atoms with Crippen molar-refractivity contribution < 1.29 is 4.79 Å². The summed E-state index contributed by atoms with van der Waals surface area (Å²) in [6, 6.07) is 15.6. The lowest BCUT2D eigenvalue weighted by Crippen LogP contribution is -2.14. The van der Waals surface area contributed by atoms with Crippen molar-refractivity contribution in [3.63, 3.8) is 0 Å². The summed E-state index contributed by atoms with van der Waals surface area (Å²) in [4.78, 5) is 20.7. The summed E-state index contributed by atoms with van der Waals surface area (Å²) in [5.41, 5.74) is 3.22. The van der Waals surface area contributed by atoms with Crippen molar-refractivity contribution in [2.24, 2.45) is 0 Å². The van der Waals surface area contributed by atoms with E-state index < -0.39 is 0 Å². The van der Waals surface area contributed by atoms with Gasteiger partial charge in [0.05, 0.1) is 12.4 Å². The molecule has 0 saturated heterocycles. The standard InChI is InChI=1S/C19H17BrN4O/c1-13-7-8-15(9-16(13)20)24-19(25)17-11-23-18(12-21-17)22-10-14-5-3-2-4-6-14/h2-9,11-12H,10H2,1H3,(H,22,23)(H,24,25). The van der Waals surface area contributed by atoms with Crippen LogP contribution < -0.4 is 10.6 Å². The lowest BCUT2D eigenvalue weighted by atomic mass is 10.2. The fourth-order valence-electron chi connectivity index (χ4n) is 2.19. The first-order chi connectivity index (χ1) is 12.1. The second-order valence-corrected chi connectivity index (χ2v) is 6.40. The van der Waals surface area contributed by atoms with Crippen LogP contribution in [0, 0.1) is 6.92 Å². The Morgan fingerprint density at radius 2 is 1.88 bits per heavy atom. The van der Waals surface area contributed by atoms with Crippen LogP contribution in [0.4, 0.5) is 11.5 Å². The molecule has 0 fully saturated rings. The predicted octanol–water partition coefficient (Wildman–Crippen LogP) is 4.41. The molecule has 25 heavy (non-hydrogen) atoms. The number of hydrogen-bond acceptors (Lipinski definition) is 4. The monoisotopic (exact) mass is 396 g/mol. The van der Waals surface area contributed by atoms with Crippen LogP contribution in [-0.2, 0) is 6.54 Å². The second kappa shape index (κ2) is 7.90. The van der Waals surface area contributed by atoms with E-state index in [0.29, 0.717) is 18.1 Å². The van der Waals surface area contributed by atoms with Crippen LogP contribution in [0.25, 0.3) is 0 Å². The molecule has 1 aromatic heterocycles. The third kappa shape index (κ3) is 4.64. The Bertz CT molecular complexity index is 866. The Kier molecular flexibility index (Phi) is 5.40. The third-order valence-corrected chi connectivity index (χ3v) is 4.48. The number of carbonyl (C=O) groups is 1. The average Bonchev–Trinajstić information content (AvgIpc) is 2.64. The van der Waals surface area contributed by atoms with Crippen molar-refractivity contribution in [1.29, 1.82) is 0 Å². The number of amides is 1. The molecule has 2 aromatic carbocycles. The summed E-state index contributed by atoms with van der Waals surface area (Å²) in [5, 5.41) is 5.99. The quantitative estimate of drug-likeness (QED) is 0.669. The summed E-state index contributed by atoms with van der Waals surface area (Å²) in [6.07, 6.45) is 3.02. The smallest absolute Gasteiger partial charge is 0.275 e. The van der Waals surface area contributed by atoms with E-state index in [1.54, 1.807) is 6.20 Å². The molecule has 0 radical (unpaired) electrons. The van der Waals surface area contributed by atoms with Crippen molar-refractivity contribution >= 4 is 33.3 Å². The molecule has 1 amide bonds. The molecular weight excluding hydrogens is 380 g/mol. The molecule has 0 saturated carbocycles. The molecule has 0 aliphatic heterocycles. The molecule has 3 rings (SSSR count). The van der Waals surface area contributed by atoms with E-state index in [1.165, 1.54) is 6.20 Å². The van der Waals surface area contributed by atoms with Crippen LogP contribution in [0.15, 0.2) is 65.4 Å². The van der Waals surface area contributed by atoms with Crippen LogP contribution in [0.5, 0.6) is 0 Å². The first-order valence-electron chi connectivity index (χ1n) is 7.79. The normalized spacial score (nSPS) is 10.3. The molecule has 0 unspecified atom stereocenters. The van der Waals surface area contributed by atoms with Crippen LogP contribution in [0.1, 0.15) is 21.6 Å². The lowest BCUT2D eigenvalue weighted by Gasteiger charge is -2.08. The SMILES string of the molecule is Cc1ccc(NC(=O)c2cnc(NCc3ccccc3)cn2)cc1Br. The van der Waals surface area contributed by atoms with Gasteiger partial charge in [-0.1, -0.05) is 52.3 Å². The summed E-state index contributed by atoms with van der Waals surface area (Å²) < 4.78 is 0.942. The molecule has 5 nitrogen and oxygen atoms in total. The van der Waals surface area contributed by atoms with E-state index in [2.05, 4.69) is 36.5 Å². The van der Waals surface area contributed by atoms with Crippen molar-refractivity contribution in [2.75, 3.05) is 10.6 Å². The van der Waals surface area contributed by atoms with Gasteiger partial charge in [-0.3, -0.25) is 4.79 Å². The zero-order chi connectivity index (χ0) is 17.6. The number of rotatable bonds is 5. The van der Waals surface area contributed by atoms with Crippen LogP contribution in [0.2, 0.25) is 0 Å². The number of anilines is 2. The van der Waals surface area contributed by atoms with Crippen LogP contribution in [-0.4, -0.2) is 15.9 Å². The Labute approximate surface area is 154 Å². The van der Waals surface area contributed by atoms with Crippen molar-refractivity contribution in [3.8, 4) is 0 Å². The highest BCUT2D eigenvalue weighted by molar-refractivity contribution is 9.10. The number of carbonyl (C=O) groups excluding carboxylic acids is 1. The summed E-state index contributed by atoms with van der Waals surface area (Å²) in [7, 11) is 0. The van der Waals surface area contributed by atoms with Crippen molar-refractivity contribution in [1.82, 2.24) is 9.97 Å². The highest BCUT2D eigenvalue weighted by Gasteiger charge is 2.09. The number of aryl methyl sites for hydroxylation is 1. The Morgan fingerprint density at radius 1 is 1.08 bits per heavy atom. The zero-order valence-corrected chi connectivity index (χ0v) is 15.2. The summed E-state index contributed by atoms with van der Waals surface area (Å²) in [6.45, 7) is 2.64. The molecule has 3 aromatic rings. The summed E-state index contributed by atoms with van der Waals surface area (Å²) in [5.74, 6) is 0.330. The zero-order valence-electron chi connectivity index (χ0n) is 13.7. The number of hydrogen-bond donors (Lipinski definition) is 2. The predicted molar refractivity (Wildman–Crippen MR) is 103 cm³/mol. The third-order valence-electron chi connectivity index (χ3n) is 3.63. The van der Waals surface area contributed by atoms with Gasteiger partial charge in [-0.05, 0) is 30.2 Å². The molecule has 0 aliphatic carbocycles. The van der Waals surface area contributed by atoms with Gasteiger partial charge in [0.25, 0.3) is 5.91 Å². The molecule has 0 spiro atoms. The minimum Gasteiger partial charge on any atom is -0.365 e. The van der Waals surface area contributed by atoms with E-state index in [1.807, 2.05) is 55.5 Å². The Hall–Kier alpha value is -2.73. The van der Waals surface area contributed by atoms with E-state index in [4.69, 9.17) is 0 Å². The fourth-order valence-corrected chi connectivity index (χ4v) is 2.57. The number of halogens is 1. The van der Waals surface area contributed by atoms with Crippen molar-refractivity contribution in [3.05, 3.63) is 82.2 Å². The number of benzene rings is 2.